The summed E-state index contributed by atoms with van der Waals surface area (Å²) >= 11 is 0. The summed E-state index contributed by atoms with van der Waals surface area (Å²) in [6, 6.07) is 0.869. The molecule has 0 spiro atoms. The number of rotatable bonds is 3. The molecule has 0 saturated carbocycles. The Morgan fingerprint density at radius 2 is 2.22 bits per heavy atom. The first-order valence-electron chi connectivity index (χ1n) is 7.17. The van der Waals surface area contributed by atoms with Crippen molar-refractivity contribution in [2.75, 3.05) is 24.6 Å². The Hall–Kier alpha value is -2.16. The number of ether oxygens (including phenoxy) is 1. The Labute approximate surface area is 130 Å². The van der Waals surface area contributed by atoms with Gasteiger partial charge in [-0.15, -0.1) is 0 Å². The molecule has 0 N–H and O–H groups in total. The van der Waals surface area contributed by atoms with E-state index < -0.39 is 11.9 Å². The molecule has 2 aromatic rings. The molecule has 124 valence electrons. The summed E-state index contributed by atoms with van der Waals surface area (Å²) < 4.78 is 45.7. The van der Waals surface area contributed by atoms with Gasteiger partial charge in [0.25, 0.3) is 0 Å². The Morgan fingerprint density at radius 3 is 2.91 bits per heavy atom. The molecule has 2 aromatic heterocycles. The molecule has 6 nitrogen and oxygen atoms in total. The van der Waals surface area contributed by atoms with Gasteiger partial charge in [0.2, 0.25) is 5.95 Å². The van der Waals surface area contributed by atoms with E-state index in [2.05, 4.69) is 15.1 Å². The third-order valence-corrected chi connectivity index (χ3v) is 3.51. The second kappa shape index (κ2) is 6.15. The topological polar surface area (TPSA) is 56.1 Å². The van der Waals surface area contributed by atoms with Crippen molar-refractivity contribution in [2.24, 2.45) is 0 Å². The van der Waals surface area contributed by atoms with Crippen LogP contribution in [-0.4, -0.2) is 45.5 Å². The smallest absolute Gasteiger partial charge is 0.373 e. The summed E-state index contributed by atoms with van der Waals surface area (Å²) in [5, 5.41) is 4.19. The molecule has 1 fully saturated rings. The zero-order chi connectivity index (χ0) is 16.4. The van der Waals surface area contributed by atoms with E-state index in [4.69, 9.17) is 4.74 Å². The maximum Gasteiger partial charge on any atom is 0.433 e. The van der Waals surface area contributed by atoms with Gasteiger partial charge in [-0.3, -0.25) is 4.68 Å². The number of hydrogen-bond acceptors (Lipinski definition) is 5. The first-order valence-corrected chi connectivity index (χ1v) is 7.17. The first kappa shape index (κ1) is 15.7. The molecule has 0 aliphatic carbocycles. The summed E-state index contributed by atoms with van der Waals surface area (Å²) in [6.45, 7) is 3.75. The molecule has 23 heavy (non-hydrogen) atoms. The predicted molar refractivity (Wildman–Crippen MR) is 76.0 cm³/mol. The zero-order valence-electron chi connectivity index (χ0n) is 12.5. The van der Waals surface area contributed by atoms with Crippen molar-refractivity contribution < 1.29 is 17.9 Å². The van der Waals surface area contributed by atoms with Crippen LogP contribution in [0.3, 0.4) is 0 Å². The van der Waals surface area contributed by atoms with E-state index in [0.29, 0.717) is 26.2 Å². The molecule has 3 heterocycles. The van der Waals surface area contributed by atoms with Crippen LogP contribution in [0.25, 0.3) is 0 Å². The summed E-state index contributed by atoms with van der Waals surface area (Å²) in [4.78, 5) is 9.29. The highest BCUT2D eigenvalue weighted by Gasteiger charge is 2.33. The fourth-order valence-electron chi connectivity index (χ4n) is 2.45. The van der Waals surface area contributed by atoms with Crippen molar-refractivity contribution in [3.8, 4) is 0 Å². The van der Waals surface area contributed by atoms with Crippen molar-refractivity contribution in [1.82, 2.24) is 19.7 Å². The lowest BCUT2D eigenvalue weighted by atomic mass is 10.2. The fraction of sp³-hybridized carbons (Fsp3) is 0.500. The van der Waals surface area contributed by atoms with Gasteiger partial charge in [0.05, 0.1) is 25.5 Å². The van der Waals surface area contributed by atoms with Gasteiger partial charge in [-0.1, -0.05) is 0 Å². The lowest BCUT2D eigenvalue weighted by Crippen LogP contribution is -2.45. The van der Waals surface area contributed by atoms with E-state index in [-0.39, 0.29) is 12.1 Å². The van der Waals surface area contributed by atoms with Gasteiger partial charge in [0.15, 0.2) is 0 Å². The second-order valence-corrected chi connectivity index (χ2v) is 5.42. The monoisotopic (exact) mass is 327 g/mol. The van der Waals surface area contributed by atoms with E-state index in [1.165, 1.54) is 0 Å². The maximum absolute atomic E-state index is 12.8. The summed E-state index contributed by atoms with van der Waals surface area (Å²) in [7, 11) is 0. The standard InChI is InChI=1S/C14H16F3N5O/c1-10-6-19-22(7-10)9-11-8-21(4-5-23-11)13-18-3-2-12(20-13)14(15,16)17/h2-3,6-7,11H,4-5,8-9H2,1H3/t11-/m1/s1. The highest BCUT2D eigenvalue weighted by molar-refractivity contribution is 5.31. The third-order valence-electron chi connectivity index (χ3n) is 3.51. The minimum atomic E-state index is -4.48. The molecule has 1 saturated heterocycles. The van der Waals surface area contributed by atoms with Crippen LogP contribution in [0.2, 0.25) is 0 Å². The quantitative estimate of drug-likeness (QED) is 0.862. The Morgan fingerprint density at radius 1 is 1.39 bits per heavy atom. The number of alkyl halides is 3. The average molecular weight is 327 g/mol. The van der Waals surface area contributed by atoms with Gasteiger partial charge in [0, 0.05) is 25.5 Å². The molecule has 9 heteroatoms. The summed E-state index contributed by atoms with van der Waals surface area (Å²) in [6.07, 6.45) is 0.114. The molecule has 0 unspecified atom stereocenters. The van der Waals surface area contributed by atoms with Crippen LogP contribution in [-0.2, 0) is 17.5 Å². The Balaban J connectivity index is 1.71. The number of nitrogens with zero attached hydrogens (tertiary/aromatic N) is 5. The third kappa shape index (κ3) is 3.79. The highest BCUT2D eigenvalue weighted by Crippen LogP contribution is 2.28. The summed E-state index contributed by atoms with van der Waals surface area (Å²) in [5.41, 5.74) is 0.104. The van der Waals surface area contributed by atoms with Gasteiger partial charge in [0.1, 0.15) is 5.69 Å². The van der Waals surface area contributed by atoms with Gasteiger partial charge >= 0.3 is 6.18 Å². The number of aromatic nitrogens is 4. The van der Waals surface area contributed by atoms with Crippen LogP contribution >= 0.6 is 0 Å². The van der Waals surface area contributed by atoms with E-state index in [1.54, 1.807) is 15.8 Å². The highest BCUT2D eigenvalue weighted by atomic mass is 19.4. The Bertz CT molecular complexity index is 672. The molecule has 3 rings (SSSR count). The van der Waals surface area contributed by atoms with Gasteiger partial charge in [-0.2, -0.15) is 18.3 Å². The van der Waals surface area contributed by atoms with Crippen molar-refractivity contribution in [3.05, 3.63) is 35.9 Å². The van der Waals surface area contributed by atoms with E-state index in [9.17, 15) is 13.2 Å². The fourth-order valence-corrected chi connectivity index (χ4v) is 2.45. The molecule has 0 aromatic carbocycles. The van der Waals surface area contributed by atoms with Gasteiger partial charge in [-0.25, -0.2) is 9.97 Å². The predicted octanol–water partition coefficient (Wildman–Crippen LogP) is 1.91. The van der Waals surface area contributed by atoms with Crippen LogP contribution in [0, 0.1) is 6.92 Å². The first-order chi connectivity index (χ1) is 10.9. The lowest BCUT2D eigenvalue weighted by molar-refractivity contribution is -0.141. The van der Waals surface area contributed by atoms with Crippen LogP contribution < -0.4 is 4.90 Å². The van der Waals surface area contributed by atoms with E-state index in [1.807, 2.05) is 13.1 Å². The minimum Gasteiger partial charge on any atom is -0.373 e. The Kier molecular flexibility index (Phi) is 4.20. The summed E-state index contributed by atoms with van der Waals surface area (Å²) in [5.74, 6) is 0.0739. The van der Waals surface area contributed by atoms with Crippen LogP contribution in [0.15, 0.2) is 24.7 Å². The van der Waals surface area contributed by atoms with Crippen molar-refractivity contribution in [1.29, 1.82) is 0 Å². The minimum absolute atomic E-state index is 0.0739. The van der Waals surface area contributed by atoms with Crippen LogP contribution in [0.4, 0.5) is 19.1 Å². The lowest BCUT2D eigenvalue weighted by Gasteiger charge is -2.33. The molecular formula is C14H16F3N5O. The second-order valence-electron chi connectivity index (χ2n) is 5.42. The number of hydrogen-bond donors (Lipinski definition) is 0. The average Bonchev–Trinajstić information content (AvgIpc) is 2.92. The molecule has 0 radical (unpaired) electrons. The molecule has 1 aliphatic rings. The number of aryl methyl sites for hydroxylation is 1. The molecule has 1 aliphatic heterocycles. The van der Waals surface area contributed by atoms with Gasteiger partial charge < -0.3 is 9.64 Å². The number of morpholine rings is 1. The van der Waals surface area contributed by atoms with Crippen LogP contribution in [0.1, 0.15) is 11.3 Å². The van der Waals surface area contributed by atoms with Crippen molar-refractivity contribution in [3.63, 3.8) is 0 Å². The zero-order valence-corrected chi connectivity index (χ0v) is 12.5. The maximum atomic E-state index is 12.8. The number of halogens is 3. The number of anilines is 1. The molecule has 0 amide bonds. The SMILES string of the molecule is Cc1cnn(C[C@H]2CN(c3nccc(C(F)(F)F)n3)CCO2)c1. The molecule has 0 bridgehead atoms. The van der Waals surface area contributed by atoms with E-state index in [0.717, 1.165) is 17.8 Å². The molecule has 1 atom stereocenters. The van der Waals surface area contributed by atoms with Crippen LogP contribution in [0.5, 0.6) is 0 Å². The van der Waals surface area contributed by atoms with Crippen molar-refractivity contribution >= 4 is 5.95 Å². The van der Waals surface area contributed by atoms with Crippen molar-refractivity contribution in [2.45, 2.75) is 25.7 Å². The normalized spacial score (nSPS) is 19.1. The molecular weight excluding hydrogens is 311 g/mol. The van der Waals surface area contributed by atoms with E-state index >= 15 is 0 Å². The largest absolute Gasteiger partial charge is 0.433 e. The van der Waals surface area contributed by atoms with Gasteiger partial charge in [-0.05, 0) is 18.6 Å².